The number of amides is 1. The van der Waals surface area contributed by atoms with Gasteiger partial charge >= 0.3 is 5.97 Å². The van der Waals surface area contributed by atoms with E-state index in [0.29, 0.717) is 17.1 Å². The third-order valence-electron chi connectivity index (χ3n) is 2.84. The van der Waals surface area contributed by atoms with Crippen LogP contribution in [0, 0.1) is 0 Å². The molecule has 0 aliphatic rings. The van der Waals surface area contributed by atoms with Gasteiger partial charge in [-0.2, -0.15) is 0 Å². The first-order chi connectivity index (χ1) is 9.97. The van der Waals surface area contributed by atoms with E-state index in [1.165, 1.54) is 17.0 Å². The zero-order valence-corrected chi connectivity index (χ0v) is 11.7. The van der Waals surface area contributed by atoms with E-state index in [-0.39, 0.29) is 11.5 Å². The molecule has 0 unspecified atom stereocenters. The van der Waals surface area contributed by atoms with Crippen molar-refractivity contribution >= 4 is 11.9 Å². The number of carbonyl (C=O) groups excluding carboxylic acids is 1. The van der Waals surface area contributed by atoms with Crippen LogP contribution in [0.2, 0.25) is 0 Å². The lowest BCUT2D eigenvalue weighted by atomic mass is 10.2. The predicted octanol–water partition coefficient (Wildman–Crippen LogP) is 2.88. The molecule has 0 aliphatic carbocycles. The normalized spacial score (nSPS) is 10.0. The highest BCUT2D eigenvalue weighted by Gasteiger charge is 2.08. The maximum absolute atomic E-state index is 11.7. The average Bonchev–Trinajstić information content (AvgIpc) is 2.47. The van der Waals surface area contributed by atoms with E-state index in [1.807, 2.05) is 0 Å². The Labute approximate surface area is 122 Å². The second kappa shape index (κ2) is 6.09. The molecule has 1 amide bonds. The number of ether oxygens (including phenoxy) is 1. The molecule has 0 heterocycles. The van der Waals surface area contributed by atoms with Gasteiger partial charge in [0.2, 0.25) is 0 Å². The average molecular weight is 285 g/mol. The molecule has 0 fully saturated rings. The van der Waals surface area contributed by atoms with Crippen LogP contribution >= 0.6 is 0 Å². The second-order valence-corrected chi connectivity index (χ2v) is 4.66. The first kappa shape index (κ1) is 14.6. The molecule has 2 aromatic rings. The number of carboxylic acids is 1. The summed E-state index contributed by atoms with van der Waals surface area (Å²) in [5, 5.41) is 8.82. The van der Waals surface area contributed by atoms with Gasteiger partial charge < -0.3 is 14.7 Å². The van der Waals surface area contributed by atoms with Crippen LogP contribution in [0.1, 0.15) is 20.7 Å². The zero-order valence-electron chi connectivity index (χ0n) is 11.7. The Balaban J connectivity index is 2.09. The fraction of sp³-hybridized carbons (Fsp3) is 0.125. The highest BCUT2D eigenvalue weighted by Crippen LogP contribution is 2.22. The van der Waals surface area contributed by atoms with Crippen molar-refractivity contribution in [3.8, 4) is 11.5 Å². The first-order valence-corrected chi connectivity index (χ1v) is 6.30. The van der Waals surface area contributed by atoms with Gasteiger partial charge in [-0.05, 0) is 48.5 Å². The first-order valence-electron chi connectivity index (χ1n) is 6.30. The van der Waals surface area contributed by atoms with Crippen LogP contribution < -0.4 is 4.74 Å². The number of benzene rings is 2. The second-order valence-electron chi connectivity index (χ2n) is 4.66. The number of carbonyl (C=O) groups is 2. The Hall–Kier alpha value is -2.82. The number of aromatic carboxylic acids is 1. The summed E-state index contributed by atoms with van der Waals surface area (Å²) in [6.45, 7) is 0. The van der Waals surface area contributed by atoms with Gasteiger partial charge in [0.25, 0.3) is 5.91 Å². The number of nitrogens with zero attached hydrogens (tertiary/aromatic N) is 1. The van der Waals surface area contributed by atoms with Crippen LogP contribution in [0.25, 0.3) is 0 Å². The number of rotatable bonds is 4. The van der Waals surface area contributed by atoms with Crippen LogP contribution in [0.5, 0.6) is 11.5 Å². The van der Waals surface area contributed by atoms with Gasteiger partial charge in [0.05, 0.1) is 5.56 Å². The molecule has 0 spiro atoms. The maximum atomic E-state index is 11.7. The van der Waals surface area contributed by atoms with E-state index in [9.17, 15) is 9.59 Å². The van der Waals surface area contributed by atoms with Gasteiger partial charge in [-0.3, -0.25) is 4.79 Å². The molecule has 5 nitrogen and oxygen atoms in total. The van der Waals surface area contributed by atoms with Crippen LogP contribution in [-0.2, 0) is 0 Å². The summed E-state index contributed by atoms with van der Waals surface area (Å²) in [5.74, 6) is 0.0560. The highest BCUT2D eigenvalue weighted by molar-refractivity contribution is 5.94. The molecule has 0 bridgehead atoms. The summed E-state index contributed by atoms with van der Waals surface area (Å²) < 4.78 is 5.59. The smallest absolute Gasteiger partial charge is 0.335 e. The molecule has 0 atom stereocenters. The van der Waals surface area contributed by atoms with Gasteiger partial charge in [-0.15, -0.1) is 0 Å². The minimum atomic E-state index is -0.979. The lowest BCUT2D eigenvalue weighted by molar-refractivity contribution is 0.0696. The minimum Gasteiger partial charge on any atom is -0.478 e. The molecule has 1 N–H and O–H groups in total. The van der Waals surface area contributed by atoms with E-state index >= 15 is 0 Å². The van der Waals surface area contributed by atoms with Gasteiger partial charge in [0, 0.05) is 19.7 Å². The summed E-state index contributed by atoms with van der Waals surface area (Å²) in [5.41, 5.74) is 0.780. The Morgan fingerprint density at radius 3 is 1.67 bits per heavy atom. The van der Waals surface area contributed by atoms with Gasteiger partial charge in [-0.25, -0.2) is 4.79 Å². The molecular weight excluding hydrogens is 270 g/mol. The van der Waals surface area contributed by atoms with E-state index < -0.39 is 5.97 Å². The fourth-order valence-corrected chi connectivity index (χ4v) is 1.73. The summed E-state index contributed by atoms with van der Waals surface area (Å²) in [6.07, 6.45) is 0. The van der Waals surface area contributed by atoms with Gasteiger partial charge in [-0.1, -0.05) is 0 Å². The van der Waals surface area contributed by atoms with Crippen molar-refractivity contribution in [1.82, 2.24) is 4.90 Å². The molecular formula is C16H15NO4. The lowest BCUT2D eigenvalue weighted by Gasteiger charge is -2.11. The summed E-state index contributed by atoms with van der Waals surface area (Å²) in [6, 6.07) is 12.9. The molecule has 0 radical (unpaired) electrons. The van der Waals surface area contributed by atoms with Gasteiger partial charge in [0.15, 0.2) is 0 Å². The molecule has 5 heteroatoms. The monoisotopic (exact) mass is 285 g/mol. The maximum Gasteiger partial charge on any atom is 0.335 e. The molecule has 0 saturated heterocycles. The largest absolute Gasteiger partial charge is 0.478 e. The molecule has 0 saturated carbocycles. The number of carboxylic acid groups (broad SMARTS) is 1. The van der Waals surface area contributed by atoms with Crippen molar-refractivity contribution in [2.45, 2.75) is 0 Å². The van der Waals surface area contributed by atoms with E-state index in [2.05, 4.69) is 0 Å². The Morgan fingerprint density at radius 2 is 1.29 bits per heavy atom. The predicted molar refractivity (Wildman–Crippen MR) is 77.9 cm³/mol. The van der Waals surface area contributed by atoms with Crippen molar-refractivity contribution in [2.75, 3.05) is 14.1 Å². The van der Waals surface area contributed by atoms with Crippen molar-refractivity contribution in [3.63, 3.8) is 0 Å². The number of hydrogen-bond donors (Lipinski definition) is 1. The molecule has 0 aromatic heterocycles. The SMILES string of the molecule is CN(C)C(=O)c1ccc(Oc2ccc(C(=O)O)cc2)cc1. The zero-order chi connectivity index (χ0) is 15.4. The van der Waals surface area contributed by atoms with E-state index in [4.69, 9.17) is 9.84 Å². The third kappa shape index (κ3) is 3.60. The van der Waals surface area contributed by atoms with Crippen molar-refractivity contribution in [3.05, 3.63) is 59.7 Å². The fourth-order valence-electron chi connectivity index (χ4n) is 1.73. The molecule has 21 heavy (non-hydrogen) atoms. The summed E-state index contributed by atoms with van der Waals surface area (Å²) in [4.78, 5) is 24.0. The van der Waals surface area contributed by atoms with E-state index in [1.54, 1.807) is 50.5 Å². The third-order valence-corrected chi connectivity index (χ3v) is 2.84. The van der Waals surface area contributed by atoms with Gasteiger partial charge in [0.1, 0.15) is 11.5 Å². The van der Waals surface area contributed by atoms with Crippen LogP contribution in [0.3, 0.4) is 0 Å². The Morgan fingerprint density at radius 1 is 0.857 bits per heavy atom. The Bertz CT molecular complexity index is 645. The number of hydrogen-bond acceptors (Lipinski definition) is 3. The topological polar surface area (TPSA) is 66.8 Å². The van der Waals surface area contributed by atoms with Crippen LogP contribution in [-0.4, -0.2) is 36.0 Å². The quantitative estimate of drug-likeness (QED) is 0.938. The van der Waals surface area contributed by atoms with E-state index in [0.717, 1.165) is 0 Å². The molecule has 2 rings (SSSR count). The van der Waals surface area contributed by atoms with Crippen LogP contribution in [0.4, 0.5) is 0 Å². The highest BCUT2D eigenvalue weighted by atomic mass is 16.5. The van der Waals surface area contributed by atoms with Crippen molar-refractivity contribution in [2.24, 2.45) is 0 Å². The summed E-state index contributed by atoms with van der Waals surface area (Å²) in [7, 11) is 3.38. The summed E-state index contributed by atoms with van der Waals surface area (Å²) >= 11 is 0. The molecule has 108 valence electrons. The molecule has 0 aliphatic heterocycles. The minimum absolute atomic E-state index is 0.0765. The Kier molecular flexibility index (Phi) is 4.23. The molecule has 2 aromatic carbocycles. The lowest BCUT2D eigenvalue weighted by Crippen LogP contribution is -2.21. The van der Waals surface area contributed by atoms with Crippen LogP contribution in [0.15, 0.2) is 48.5 Å². The van der Waals surface area contributed by atoms with Crippen molar-refractivity contribution < 1.29 is 19.4 Å². The van der Waals surface area contributed by atoms with Crippen molar-refractivity contribution in [1.29, 1.82) is 0 Å². The standard InChI is InChI=1S/C16H15NO4/c1-17(2)15(18)11-3-7-13(8-4-11)21-14-9-5-12(6-10-14)16(19)20/h3-10H,1-2H3,(H,19,20).